The predicted octanol–water partition coefficient (Wildman–Crippen LogP) is 4.49. The number of rotatable bonds is 8. The van der Waals surface area contributed by atoms with Gasteiger partial charge in [0.2, 0.25) is 0 Å². The maximum absolute atomic E-state index is 13.8. The molecule has 45 heavy (non-hydrogen) atoms. The number of halogens is 1. The summed E-state index contributed by atoms with van der Waals surface area (Å²) in [7, 11) is 3.79. The van der Waals surface area contributed by atoms with Gasteiger partial charge in [-0.1, -0.05) is 36.9 Å². The molecule has 1 aromatic heterocycles. The molecule has 10 nitrogen and oxygen atoms in total. The van der Waals surface area contributed by atoms with Crippen molar-refractivity contribution in [2.24, 2.45) is 0 Å². The number of nitriles is 1. The number of anilines is 2. The van der Waals surface area contributed by atoms with Gasteiger partial charge >= 0.3 is 6.01 Å². The number of ether oxygens (including phenoxy) is 2. The molecule has 1 fully saturated rings. The Morgan fingerprint density at radius 3 is 2.71 bits per heavy atom. The van der Waals surface area contributed by atoms with E-state index >= 15 is 0 Å². The van der Waals surface area contributed by atoms with E-state index in [1.165, 1.54) is 21.2 Å². The summed E-state index contributed by atoms with van der Waals surface area (Å²) in [5.41, 5.74) is 4.63. The quantitative estimate of drug-likeness (QED) is 0.342. The number of hydrogen-bond donors (Lipinski definition) is 0. The molecular formula is C34H38FN7O3. The number of fused-ring (bicyclic) bond motifs is 2. The normalized spacial score (nSPS) is 20.2. The van der Waals surface area contributed by atoms with E-state index < -0.39 is 11.7 Å². The molecule has 1 saturated heterocycles. The predicted molar refractivity (Wildman–Crippen MR) is 170 cm³/mol. The summed E-state index contributed by atoms with van der Waals surface area (Å²) in [5.74, 6) is -1.21. The average Bonchev–Trinajstić information content (AvgIpc) is 3.42. The van der Waals surface area contributed by atoms with Gasteiger partial charge in [-0.2, -0.15) is 15.2 Å². The highest BCUT2D eigenvalue weighted by atomic mass is 19.1. The summed E-state index contributed by atoms with van der Waals surface area (Å²) in [5, 5.41) is 11.9. The molecule has 3 aliphatic heterocycles. The van der Waals surface area contributed by atoms with Crippen LogP contribution in [0.3, 0.4) is 0 Å². The third-order valence-electron chi connectivity index (χ3n) is 9.07. The number of methoxy groups -OCH3 is 1. The lowest BCUT2D eigenvalue weighted by atomic mass is 9.99. The van der Waals surface area contributed by atoms with Crippen LogP contribution in [0.2, 0.25) is 0 Å². The first-order valence-corrected chi connectivity index (χ1v) is 15.3. The number of carbonyl (C=O) groups excluding carboxylic acids is 1. The van der Waals surface area contributed by atoms with E-state index in [1.807, 2.05) is 4.90 Å². The summed E-state index contributed by atoms with van der Waals surface area (Å²) >= 11 is 0. The zero-order valence-electron chi connectivity index (χ0n) is 26.0. The highest BCUT2D eigenvalue weighted by Gasteiger charge is 2.33. The smallest absolute Gasteiger partial charge is 0.318 e. The fourth-order valence-electron chi connectivity index (χ4n) is 6.66. The number of likely N-dealkylation sites (N-methyl/N-ethyl adjacent to an activating group) is 1. The number of nitrogens with zero attached hydrogens (tertiary/aromatic N) is 7. The number of allylic oxidation sites excluding steroid dienone is 1. The molecule has 1 amide bonds. The van der Waals surface area contributed by atoms with Crippen LogP contribution in [0, 0.1) is 18.3 Å². The van der Waals surface area contributed by atoms with Crippen molar-refractivity contribution in [3.8, 4) is 12.1 Å². The Bertz CT molecular complexity index is 1700. The van der Waals surface area contributed by atoms with E-state index in [4.69, 9.17) is 19.4 Å². The summed E-state index contributed by atoms with van der Waals surface area (Å²) in [4.78, 5) is 30.1. The monoisotopic (exact) mass is 611 g/mol. The molecule has 0 spiro atoms. The van der Waals surface area contributed by atoms with Crippen LogP contribution < -0.4 is 14.5 Å². The van der Waals surface area contributed by atoms with Crippen molar-refractivity contribution >= 4 is 28.2 Å². The van der Waals surface area contributed by atoms with Crippen LogP contribution in [-0.2, 0) is 22.5 Å². The SMILES string of the molecule is C=C(F)C(=O)N1CCN(c2nc(OC[C@H]3C[C@@H](OC)CN3C)nc3c2CCN(c2cccc4cccc(C)c24)C3)C=C1CC#N. The van der Waals surface area contributed by atoms with Crippen molar-refractivity contribution in [1.29, 1.82) is 5.26 Å². The van der Waals surface area contributed by atoms with Crippen molar-refractivity contribution in [1.82, 2.24) is 19.8 Å². The second-order valence-electron chi connectivity index (χ2n) is 11.9. The number of aromatic nitrogens is 2. The molecule has 0 unspecified atom stereocenters. The van der Waals surface area contributed by atoms with Crippen LogP contribution >= 0.6 is 0 Å². The third kappa shape index (κ3) is 6.08. The molecule has 0 saturated carbocycles. The Morgan fingerprint density at radius 1 is 1.18 bits per heavy atom. The average molecular weight is 612 g/mol. The van der Waals surface area contributed by atoms with E-state index in [0.29, 0.717) is 37.6 Å². The van der Waals surface area contributed by atoms with Gasteiger partial charge in [0.25, 0.3) is 5.91 Å². The Labute approximate surface area is 262 Å². The zero-order valence-corrected chi connectivity index (χ0v) is 26.0. The Kier molecular flexibility index (Phi) is 8.70. The Hall–Kier alpha value is -4.53. The lowest BCUT2D eigenvalue weighted by molar-refractivity contribution is -0.126. The second kappa shape index (κ2) is 12.8. The van der Waals surface area contributed by atoms with Gasteiger partial charge in [-0.3, -0.25) is 9.69 Å². The van der Waals surface area contributed by atoms with Crippen LogP contribution in [0.4, 0.5) is 15.9 Å². The fraction of sp³-hybridized carbons (Fsp3) is 0.412. The lowest BCUT2D eigenvalue weighted by Gasteiger charge is -2.37. The standard InChI is InChI=1S/C34H38FN7O3/c1-22-7-5-8-24-9-6-10-30(31(22)24)40-14-12-28-29(20-40)37-34(45-21-26-17-27(44-4)19-39(26)3)38-32(28)41-15-16-42(33(43)23(2)35)25(18-41)11-13-36/h5-10,18,26-27H,2,11-12,14-17,19-21H2,1,3-4H3/t26-,27-/m1/s1. The van der Waals surface area contributed by atoms with Crippen LogP contribution in [0.1, 0.15) is 29.7 Å². The lowest BCUT2D eigenvalue weighted by Crippen LogP contribution is -2.43. The highest BCUT2D eigenvalue weighted by Crippen LogP contribution is 2.36. The van der Waals surface area contributed by atoms with Crippen molar-refractivity contribution in [3.05, 3.63) is 77.5 Å². The number of hydrogen-bond acceptors (Lipinski definition) is 9. The van der Waals surface area contributed by atoms with Gasteiger partial charge in [0.15, 0.2) is 5.83 Å². The molecule has 0 aliphatic carbocycles. The van der Waals surface area contributed by atoms with Gasteiger partial charge < -0.3 is 24.2 Å². The van der Waals surface area contributed by atoms with Gasteiger partial charge in [0, 0.05) is 62.2 Å². The number of amides is 1. The fourth-order valence-corrected chi connectivity index (χ4v) is 6.66. The highest BCUT2D eigenvalue weighted by molar-refractivity contribution is 5.97. The zero-order chi connectivity index (χ0) is 31.7. The number of likely N-dealkylation sites (tertiary alicyclic amines) is 1. The third-order valence-corrected chi connectivity index (χ3v) is 9.07. The van der Waals surface area contributed by atoms with Gasteiger partial charge in [-0.15, -0.1) is 0 Å². The molecule has 4 heterocycles. The van der Waals surface area contributed by atoms with Crippen molar-refractivity contribution in [2.75, 3.05) is 56.7 Å². The first-order chi connectivity index (χ1) is 21.8. The van der Waals surface area contributed by atoms with E-state index in [2.05, 4.69) is 72.8 Å². The Balaban J connectivity index is 1.36. The van der Waals surface area contributed by atoms with Crippen molar-refractivity contribution in [2.45, 2.75) is 44.9 Å². The topological polar surface area (TPSA) is 98.1 Å². The van der Waals surface area contributed by atoms with Crippen LogP contribution in [0.15, 0.2) is 60.7 Å². The van der Waals surface area contributed by atoms with E-state index in [0.717, 1.165) is 36.5 Å². The largest absolute Gasteiger partial charge is 0.462 e. The minimum atomic E-state index is -1.06. The van der Waals surface area contributed by atoms with E-state index in [9.17, 15) is 14.4 Å². The number of benzene rings is 2. The molecule has 11 heteroatoms. The molecule has 3 aliphatic rings. The molecule has 3 aromatic rings. The van der Waals surface area contributed by atoms with Gasteiger partial charge in [-0.05, 0) is 43.8 Å². The summed E-state index contributed by atoms with van der Waals surface area (Å²) in [6.07, 6.45) is 3.36. The molecular weight excluding hydrogens is 573 g/mol. The summed E-state index contributed by atoms with van der Waals surface area (Å²) in [6, 6.07) is 15.3. The maximum Gasteiger partial charge on any atom is 0.318 e. The van der Waals surface area contributed by atoms with Crippen molar-refractivity contribution < 1.29 is 18.7 Å². The molecule has 6 rings (SSSR count). The van der Waals surface area contributed by atoms with Crippen LogP contribution in [-0.4, -0.2) is 84.8 Å². The van der Waals surface area contributed by atoms with Crippen molar-refractivity contribution in [3.63, 3.8) is 0 Å². The Morgan fingerprint density at radius 2 is 1.98 bits per heavy atom. The first-order valence-electron chi connectivity index (χ1n) is 15.3. The second-order valence-corrected chi connectivity index (χ2v) is 11.9. The summed E-state index contributed by atoms with van der Waals surface area (Å²) in [6.45, 7) is 8.43. The van der Waals surface area contributed by atoms with E-state index in [1.54, 1.807) is 13.3 Å². The van der Waals surface area contributed by atoms with E-state index in [-0.39, 0.29) is 31.1 Å². The minimum Gasteiger partial charge on any atom is -0.462 e. The number of aryl methyl sites for hydroxylation is 1. The first kappa shape index (κ1) is 30.5. The van der Waals surface area contributed by atoms with Crippen LogP contribution in [0.5, 0.6) is 6.01 Å². The molecule has 0 bridgehead atoms. The molecule has 2 atom stereocenters. The molecule has 0 N–H and O–H groups in total. The summed E-state index contributed by atoms with van der Waals surface area (Å²) < 4.78 is 25.7. The molecule has 0 radical (unpaired) electrons. The maximum atomic E-state index is 13.8. The molecule has 2 aromatic carbocycles. The van der Waals surface area contributed by atoms with Gasteiger partial charge in [0.05, 0.1) is 36.5 Å². The molecule has 234 valence electrons. The van der Waals surface area contributed by atoms with Gasteiger partial charge in [0.1, 0.15) is 12.4 Å². The number of carbonyl (C=O) groups is 1. The van der Waals surface area contributed by atoms with Crippen LogP contribution in [0.25, 0.3) is 10.8 Å². The minimum absolute atomic E-state index is 0.0605. The van der Waals surface area contributed by atoms with Gasteiger partial charge in [-0.25, -0.2) is 4.39 Å².